The molecule has 0 spiro atoms. The van der Waals surface area contributed by atoms with E-state index in [2.05, 4.69) is 29.7 Å². The molecule has 0 amide bonds. The molecule has 28 heavy (non-hydrogen) atoms. The number of thiophene rings is 1. The first-order valence-corrected chi connectivity index (χ1v) is 10.7. The molecule has 2 aromatic rings. The van der Waals surface area contributed by atoms with E-state index in [1.165, 1.54) is 16.9 Å². The van der Waals surface area contributed by atoms with Crippen molar-refractivity contribution in [2.24, 2.45) is 5.92 Å². The van der Waals surface area contributed by atoms with Gasteiger partial charge in [-0.25, -0.2) is 4.98 Å². The molecular formula is C21H29N3O3S. The number of aliphatic hydroxyl groups is 1. The third-order valence-corrected chi connectivity index (χ3v) is 6.02. The van der Waals surface area contributed by atoms with Crippen LogP contribution in [-0.2, 0) is 24.1 Å². The molecule has 0 aliphatic heterocycles. The summed E-state index contributed by atoms with van der Waals surface area (Å²) in [5.41, 5.74) is 1.16. The molecule has 1 atom stereocenters. The van der Waals surface area contributed by atoms with Gasteiger partial charge in [0.1, 0.15) is 17.3 Å². The second-order valence-electron chi connectivity index (χ2n) is 7.86. The SMILES string of the molecule is C#CCOC[C@H](O)CN(Cc1nc2sc3c(c2c(=O)[nH]1)CCCC3)CC(C)C. The minimum Gasteiger partial charge on any atom is -0.389 e. The van der Waals surface area contributed by atoms with E-state index in [-0.39, 0.29) is 18.8 Å². The van der Waals surface area contributed by atoms with Crippen molar-refractivity contribution in [2.75, 3.05) is 26.3 Å². The summed E-state index contributed by atoms with van der Waals surface area (Å²) in [6.07, 6.45) is 8.88. The summed E-state index contributed by atoms with van der Waals surface area (Å²) in [4.78, 5) is 24.7. The van der Waals surface area contributed by atoms with Gasteiger partial charge < -0.3 is 14.8 Å². The average Bonchev–Trinajstić information content (AvgIpc) is 3.00. The molecule has 2 heterocycles. The maximum absolute atomic E-state index is 12.7. The normalized spacial score (nSPS) is 15.1. The van der Waals surface area contributed by atoms with E-state index < -0.39 is 6.10 Å². The van der Waals surface area contributed by atoms with Gasteiger partial charge in [0.25, 0.3) is 5.56 Å². The second-order valence-corrected chi connectivity index (χ2v) is 8.95. The Kier molecular flexibility index (Phi) is 7.24. The van der Waals surface area contributed by atoms with E-state index in [0.29, 0.717) is 24.8 Å². The molecule has 0 unspecified atom stereocenters. The number of fused-ring (bicyclic) bond motifs is 3. The van der Waals surface area contributed by atoms with Crippen LogP contribution in [0.25, 0.3) is 10.2 Å². The van der Waals surface area contributed by atoms with Crippen LogP contribution in [0.3, 0.4) is 0 Å². The number of hydrogen-bond donors (Lipinski definition) is 2. The van der Waals surface area contributed by atoms with Crippen molar-refractivity contribution < 1.29 is 9.84 Å². The molecule has 0 saturated heterocycles. The number of aromatic amines is 1. The highest BCUT2D eigenvalue weighted by molar-refractivity contribution is 7.18. The first kappa shape index (κ1) is 21.0. The van der Waals surface area contributed by atoms with Crippen LogP contribution in [0, 0.1) is 18.3 Å². The van der Waals surface area contributed by atoms with Gasteiger partial charge in [0.05, 0.1) is 24.6 Å². The zero-order valence-electron chi connectivity index (χ0n) is 16.7. The lowest BCUT2D eigenvalue weighted by Gasteiger charge is -2.26. The molecule has 2 aromatic heterocycles. The summed E-state index contributed by atoms with van der Waals surface area (Å²) in [5, 5.41) is 11.0. The number of nitrogens with one attached hydrogen (secondary N) is 1. The van der Waals surface area contributed by atoms with Crippen LogP contribution in [-0.4, -0.2) is 52.4 Å². The minimum atomic E-state index is -0.642. The molecule has 6 nitrogen and oxygen atoms in total. The highest BCUT2D eigenvalue weighted by Gasteiger charge is 2.21. The Labute approximate surface area is 169 Å². The van der Waals surface area contributed by atoms with Crippen molar-refractivity contribution in [2.45, 2.75) is 52.2 Å². The number of aromatic nitrogens is 2. The van der Waals surface area contributed by atoms with Crippen molar-refractivity contribution in [1.82, 2.24) is 14.9 Å². The summed E-state index contributed by atoms with van der Waals surface area (Å²) >= 11 is 1.66. The van der Waals surface area contributed by atoms with E-state index in [1.54, 1.807) is 11.3 Å². The number of ether oxygens (including phenoxy) is 1. The Morgan fingerprint density at radius 3 is 2.89 bits per heavy atom. The van der Waals surface area contributed by atoms with E-state index in [1.807, 2.05) is 0 Å². The van der Waals surface area contributed by atoms with Gasteiger partial charge in [-0.15, -0.1) is 17.8 Å². The van der Waals surface area contributed by atoms with Crippen LogP contribution < -0.4 is 5.56 Å². The summed E-state index contributed by atoms with van der Waals surface area (Å²) < 4.78 is 5.24. The predicted octanol–water partition coefficient (Wildman–Crippen LogP) is 2.33. The average molecular weight is 404 g/mol. The number of H-pyrrole nitrogens is 1. The number of aliphatic hydroxyl groups excluding tert-OH is 1. The number of hydrogen-bond acceptors (Lipinski definition) is 6. The molecule has 1 aliphatic rings. The number of rotatable bonds is 9. The summed E-state index contributed by atoms with van der Waals surface area (Å²) in [5.74, 6) is 3.46. The Morgan fingerprint density at radius 2 is 2.14 bits per heavy atom. The highest BCUT2D eigenvalue weighted by atomic mass is 32.1. The fraction of sp³-hybridized carbons (Fsp3) is 0.619. The van der Waals surface area contributed by atoms with Crippen LogP contribution in [0.5, 0.6) is 0 Å². The first-order chi connectivity index (χ1) is 13.5. The largest absolute Gasteiger partial charge is 0.389 e. The molecular weight excluding hydrogens is 374 g/mol. The molecule has 0 bridgehead atoms. The third-order valence-electron chi connectivity index (χ3n) is 4.84. The zero-order chi connectivity index (χ0) is 20.1. The van der Waals surface area contributed by atoms with Gasteiger partial charge in [-0.05, 0) is 37.2 Å². The Bertz CT molecular complexity index is 897. The summed E-state index contributed by atoms with van der Waals surface area (Å²) in [6.45, 7) is 6.34. The fourth-order valence-electron chi connectivity index (χ4n) is 3.82. The van der Waals surface area contributed by atoms with Crippen molar-refractivity contribution in [3.8, 4) is 12.3 Å². The van der Waals surface area contributed by atoms with E-state index in [0.717, 1.165) is 36.0 Å². The predicted molar refractivity (Wildman–Crippen MR) is 113 cm³/mol. The standard InChI is InChI=1S/C21H29N3O3S/c1-4-9-27-13-15(25)11-24(10-14(2)3)12-18-22-20(26)19-16-7-5-6-8-17(16)28-21(19)23-18/h1,14-15,25H,5-13H2,2-3H3,(H,22,23,26)/t15-/m1/s1. The molecule has 3 rings (SSSR count). The molecule has 7 heteroatoms. The van der Waals surface area contributed by atoms with Gasteiger partial charge in [0.2, 0.25) is 0 Å². The van der Waals surface area contributed by atoms with E-state index in [4.69, 9.17) is 16.1 Å². The lowest BCUT2D eigenvalue weighted by molar-refractivity contribution is 0.0232. The summed E-state index contributed by atoms with van der Waals surface area (Å²) in [7, 11) is 0. The highest BCUT2D eigenvalue weighted by Crippen LogP contribution is 2.33. The second kappa shape index (κ2) is 9.66. The quantitative estimate of drug-likeness (QED) is 0.496. The zero-order valence-corrected chi connectivity index (χ0v) is 17.5. The Balaban J connectivity index is 1.77. The molecule has 0 aromatic carbocycles. The van der Waals surface area contributed by atoms with Gasteiger partial charge in [-0.1, -0.05) is 19.8 Å². The molecule has 0 radical (unpaired) electrons. The smallest absolute Gasteiger partial charge is 0.259 e. The van der Waals surface area contributed by atoms with Crippen molar-refractivity contribution in [3.63, 3.8) is 0 Å². The van der Waals surface area contributed by atoms with Crippen molar-refractivity contribution in [3.05, 3.63) is 26.6 Å². The van der Waals surface area contributed by atoms with Gasteiger partial charge >= 0.3 is 0 Å². The lowest BCUT2D eigenvalue weighted by Crippen LogP contribution is -2.37. The van der Waals surface area contributed by atoms with Gasteiger partial charge in [-0.3, -0.25) is 9.69 Å². The third kappa shape index (κ3) is 5.21. The van der Waals surface area contributed by atoms with E-state index >= 15 is 0 Å². The molecule has 152 valence electrons. The maximum Gasteiger partial charge on any atom is 0.259 e. The number of aryl methyl sites for hydroxylation is 2. The van der Waals surface area contributed by atoms with Crippen LogP contribution in [0.15, 0.2) is 4.79 Å². The first-order valence-electron chi connectivity index (χ1n) is 9.93. The van der Waals surface area contributed by atoms with Crippen LogP contribution >= 0.6 is 11.3 Å². The molecule has 0 fully saturated rings. The van der Waals surface area contributed by atoms with Gasteiger partial charge in [0, 0.05) is 18.0 Å². The van der Waals surface area contributed by atoms with Gasteiger partial charge in [-0.2, -0.15) is 0 Å². The summed E-state index contributed by atoms with van der Waals surface area (Å²) in [6, 6.07) is 0. The minimum absolute atomic E-state index is 0.0400. The molecule has 2 N–H and O–H groups in total. The van der Waals surface area contributed by atoms with Crippen LogP contribution in [0.2, 0.25) is 0 Å². The number of terminal acetylenes is 1. The monoisotopic (exact) mass is 403 g/mol. The lowest BCUT2D eigenvalue weighted by atomic mass is 9.97. The van der Waals surface area contributed by atoms with Crippen LogP contribution in [0.1, 0.15) is 43.0 Å². The molecule has 0 saturated carbocycles. The Hall–Kier alpha value is -1.72. The van der Waals surface area contributed by atoms with Gasteiger partial charge in [0.15, 0.2) is 0 Å². The topological polar surface area (TPSA) is 78.5 Å². The van der Waals surface area contributed by atoms with Crippen molar-refractivity contribution >= 4 is 21.6 Å². The maximum atomic E-state index is 12.7. The Morgan fingerprint density at radius 1 is 1.36 bits per heavy atom. The number of nitrogens with zero attached hydrogens (tertiary/aromatic N) is 2. The molecule has 1 aliphatic carbocycles. The van der Waals surface area contributed by atoms with Crippen LogP contribution in [0.4, 0.5) is 0 Å². The van der Waals surface area contributed by atoms with Crippen molar-refractivity contribution in [1.29, 1.82) is 0 Å². The van der Waals surface area contributed by atoms with E-state index in [9.17, 15) is 9.90 Å². The fourth-order valence-corrected chi connectivity index (χ4v) is 5.10.